The number of ether oxygens (including phenoxy) is 1. The number of nitrogens with zero attached hydrogens (tertiary/aromatic N) is 2. The topological polar surface area (TPSA) is 87.0 Å². The minimum atomic E-state index is 0.250. The Morgan fingerprint density at radius 3 is 2.81 bits per heavy atom. The Labute approximate surface area is 93.4 Å². The maximum Gasteiger partial charge on any atom is 0.220 e. The Hall–Kier alpha value is -1.88. The summed E-state index contributed by atoms with van der Waals surface area (Å²) in [6.45, 7) is 0.531. The highest BCUT2D eigenvalue weighted by atomic mass is 16.5. The van der Waals surface area contributed by atoms with Gasteiger partial charge in [-0.1, -0.05) is 12.1 Å². The third-order valence-corrected chi connectivity index (χ3v) is 2.39. The van der Waals surface area contributed by atoms with Gasteiger partial charge in [0.2, 0.25) is 5.95 Å². The van der Waals surface area contributed by atoms with Gasteiger partial charge in [0.25, 0.3) is 0 Å². The van der Waals surface area contributed by atoms with Crippen LogP contribution in [0.2, 0.25) is 0 Å². The molecule has 0 atom stereocenters. The Bertz CT molecular complexity index is 513. The highest BCUT2D eigenvalue weighted by molar-refractivity contribution is 5.87. The molecule has 0 fully saturated rings. The molecule has 4 N–H and O–H groups in total. The molecule has 0 aliphatic heterocycles. The highest BCUT2D eigenvalue weighted by Gasteiger charge is 2.09. The lowest BCUT2D eigenvalue weighted by Gasteiger charge is -2.08. The van der Waals surface area contributed by atoms with Crippen molar-refractivity contribution in [2.75, 3.05) is 19.4 Å². The molecule has 1 aromatic carbocycles. The van der Waals surface area contributed by atoms with Crippen molar-refractivity contribution >= 4 is 16.9 Å². The van der Waals surface area contributed by atoms with Gasteiger partial charge in [0, 0.05) is 11.8 Å². The Balaban J connectivity index is 2.72. The van der Waals surface area contributed by atoms with E-state index in [4.69, 9.17) is 16.2 Å². The first-order valence-corrected chi connectivity index (χ1v) is 5.05. The molecule has 0 spiro atoms. The van der Waals surface area contributed by atoms with Crippen molar-refractivity contribution in [2.45, 2.75) is 6.42 Å². The van der Waals surface area contributed by atoms with Crippen LogP contribution in [0.1, 0.15) is 5.69 Å². The molecule has 0 unspecified atom stereocenters. The molecule has 2 rings (SSSR count). The second-order valence-electron chi connectivity index (χ2n) is 3.42. The third kappa shape index (κ3) is 1.77. The molecule has 0 radical (unpaired) electrons. The van der Waals surface area contributed by atoms with Crippen molar-refractivity contribution in [1.82, 2.24) is 9.97 Å². The molecule has 0 saturated carbocycles. The molecule has 0 saturated heterocycles. The van der Waals surface area contributed by atoms with Crippen LogP contribution in [0.4, 0.5) is 5.95 Å². The standard InChI is InChI=1S/C11H14N4O/c1-16-9-4-2-3-7-8(5-6-12)14-11(13)15-10(7)9/h2-4H,5-6,12H2,1H3,(H2,13,14,15). The second-order valence-corrected chi connectivity index (χ2v) is 3.42. The average molecular weight is 218 g/mol. The molecule has 0 aliphatic rings. The summed E-state index contributed by atoms with van der Waals surface area (Å²) in [4.78, 5) is 8.39. The van der Waals surface area contributed by atoms with Crippen LogP contribution in [0.25, 0.3) is 10.9 Å². The van der Waals surface area contributed by atoms with Gasteiger partial charge in [-0.25, -0.2) is 9.97 Å². The molecule has 5 nitrogen and oxygen atoms in total. The lowest BCUT2D eigenvalue weighted by atomic mass is 10.1. The fraction of sp³-hybridized carbons (Fsp3) is 0.273. The number of hydrogen-bond donors (Lipinski definition) is 2. The maximum atomic E-state index is 5.66. The normalized spacial score (nSPS) is 10.6. The van der Waals surface area contributed by atoms with E-state index in [-0.39, 0.29) is 5.95 Å². The number of hydrogen-bond acceptors (Lipinski definition) is 5. The SMILES string of the molecule is COc1cccc2c(CCN)nc(N)nc12. The number of para-hydroxylation sites is 1. The average Bonchev–Trinajstić information content (AvgIpc) is 2.28. The van der Waals surface area contributed by atoms with Crippen molar-refractivity contribution in [3.8, 4) is 5.75 Å². The highest BCUT2D eigenvalue weighted by Crippen LogP contribution is 2.25. The smallest absolute Gasteiger partial charge is 0.220 e. The van der Waals surface area contributed by atoms with Gasteiger partial charge < -0.3 is 16.2 Å². The van der Waals surface area contributed by atoms with Gasteiger partial charge in [0.05, 0.1) is 12.8 Å². The van der Waals surface area contributed by atoms with E-state index in [2.05, 4.69) is 9.97 Å². The van der Waals surface area contributed by atoms with E-state index < -0.39 is 0 Å². The predicted octanol–water partition coefficient (Wildman–Crippen LogP) is 0.722. The number of nitrogen functional groups attached to an aromatic ring is 1. The fourth-order valence-electron chi connectivity index (χ4n) is 1.70. The molecule has 0 amide bonds. The molecule has 0 aliphatic carbocycles. The number of aromatic nitrogens is 2. The summed E-state index contributed by atoms with van der Waals surface area (Å²) in [5.74, 6) is 0.949. The van der Waals surface area contributed by atoms with E-state index in [9.17, 15) is 0 Å². The molecule has 84 valence electrons. The number of nitrogens with two attached hydrogens (primary N) is 2. The van der Waals surface area contributed by atoms with E-state index >= 15 is 0 Å². The molecule has 16 heavy (non-hydrogen) atoms. The van der Waals surface area contributed by atoms with Crippen LogP contribution in [0.5, 0.6) is 5.75 Å². The third-order valence-electron chi connectivity index (χ3n) is 2.39. The lowest BCUT2D eigenvalue weighted by molar-refractivity contribution is 0.419. The quantitative estimate of drug-likeness (QED) is 0.792. The summed E-state index contributed by atoms with van der Waals surface area (Å²) in [5.41, 5.74) is 12.8. The summed E-state index contributed by atoms with van der Waals surface area (Å²) >= 11 is 0. The number of fused-ring (bicyclic) bond motifs is 1. The minimum Gasteiger partial charge on any atom is -0.494 e. The summed E-state index contributed by atoms with van der Waals surface area (Å²) in [6, 6.07) is 5.70. The van der Waals surface area contributed by atoms with Crippen molar-refractivity contribution in [2.24, 2.45) is 5.73 Å². The van der Waals surface area contributed by atoms with Gasteiger partial charge in [-0.05, 0) is 12.6 Å². The van der Waals surface area contributed by atoms with Crippen molar-refractivity contribution in [3.05, 3.63) is 23.9 Å². The first-order chi connectivity index (χ1) is 7.76. The fourth-order valence-corrected chi connectivity index (χ4v) is 1.70. The molecular formula is C11H14N4O. The molecule has 2 aromatic rings. The van der Waals surface area contributed by atoms with Gasteiger partial charge in [-0.2, -0.15) is 0 Å². The van der Waals surface area contributed by atoms with E-state index in [1.807, 2.05) is 18.2 Å². The van der Waals surface area contributed by atoms with E-state index in [0.717, 1.165) is 16.6 Å². The van der Waals surface area contributed by atoms with E-state index in [1.165, 1.54) is 0 Å². The maximum absolute atomic E-state index is 5.66. The van der Waals surface area contributed by atoms with Gasteiger partial charge >= 0.3 is 0 Å². The predicted molar refractivity (Wildman–Crippen MR) is 63.3 cm³/mol. The zero-order valence-electron chi connectivity index (χ0n) is 9.10. The lowest BCUT2D eigenvalue weighted by Crippen LogP contribution is -2.08. The van der Waals surface area contributed by atoms with Crippen LogP contribution < -0.4 is 16.2 Å². The summed E-state index contributed by atoms with van der Waals surface area (Å²) in [7, 11) is 1.61. The van der Waals surface area contributed by atoms with Gasteiger partial charge in [0.1, 0.15) is 11.3 Å². The van der Waals surface area contributed by atoms with Gasteiger partial charge in [-0.15, -0.1) is 0 Å². The van der Waals surface area contributed by atoms with Crippen molar-refractivity contribution in [1.29, 1.82) is 0 Å². The van der Waals surface area contributed by atoms with Crippen molar-refractivity contribution in [3.63, 3.8) is 0 Å². The summed E-state index contributed by atoms with van der Waals surface area (Å²) in [5, 5.41) is 0.944. The largest absolute Gasteiger partial charge is 0.494 e. The van der Waals surface area contributed by atoms with Crippen LogP contribution in [-0.2, 0) is 6.42 Å². The Kier molecular flexibility index (Phi) is 2.87. The van der Waals surface area contributed by atoms with Crippen molar-refractivity contribution < 1.29 is 4.74 Å². The Morgan fingerprint density at radius 2 is 2.12 bits per heavy atom. The summed E-state index contributed by atoms with van der Waals surface area (Å²) < 4.78 is 5.24. The first-order valence-electron chi connectivity index (χ1n) is 5.05. The number of anilines is 1. The Morgan fingerprint density at radius 1 is 1.31 bits per heavy atom. The zero-order valence-corrected chi connectivity index (χ0v) is 9.10. The van der Waals surface area contributed by atoms with Crippen LogP contribution >= 0.6 is 0 Å². The number of benzene rings is 1. The molecule has 5 heteroatoms. The van der Waals surface area contributed by atoms with Crippen LogP contribution in [0.3, 0.4) is 0 Å². The first kappa shape index (κ1) is 10.6. The molecular weight excluding hydrogens is 204 g/mol. The van der Waals surface area contributed by atoms with Crippen LogP contribution in [-0.4, -0.2) is 23.6 Å². The monoisotopic (exact) mass is 218 g/mol. The minimum absolute atomic E-state index is 0.250. The van der Waals surface area contributed by atoms with E-state index in [1.54, 1.807) is 7.11 Å². The number of rotatable bonds is 3. The summed E-state index contributed by atoms with van der Waals surface area (Å²) in [6.07, 6.45) is 0.677. The van der Waals surface area contributed by atoms with Crippen LogP contribution in [0, 0.1) is 0 Å². The zero-order chi connectivity index (χ0) is 11.5. The van der Waals surface area contributed by atoms with Gasteiger partial charge in [0.15, 0.2) is 0 Å². The molecule has 1 aromatic heterocycles. The van der Waals surface area contributed by atoms with Gasteiger partial charge in [-0.3, -0.25) is 0 Å². The second kappa shape index (κ2) is 4.32. The molecule has 0 bridgehead atoms. The molecule has 1 heterocycles. The van der Waals surface area contributed by atoms with Crippen LogP contribution in [0.15, 0.2) is 18.2 Å². The number of methoxy groups -OCH3 is 1. The van der Waals surface area contributed by atoms with E-state index in [0.29, 0.717) is 18.7 Å².